The summed E-state index contributed by atoms with van der Waals surface area (Å²) in [5, 5.41) is 1.20. The van der Waals surface area contributed by atoms with Gasteiger partial charge in [0.15, 0.2) is 0 Å². The van der Waals surface area contributed by atoms with E-state index >= 15 is 0 Å². The maximum absolute atomic E-state index is 5.86. The summed E-state index contributed by atoms with van der Waals surface area (Å²) in [7, 11) is -1.00. The van der Waals surface area contributed by atoms with Crippen molar-refractivity contribution in [2.45, 2.75) is 45.8 Å². The van der Waals surface area contributed by atoms with Crippen LogP contribution in [0.2, 0.25) is 25.7 Å². The van der Waals surface area contributed by atoms with Crippen LogP contribution in [0.15, 0.2) is 24.4 Å². The van der Waals surface area contributed by atoms with Crippen LogP contribution in [0, 0.1) is 0 Å². The lowest BCUT2D eigenvalue weighted by Gasteiger charge is -2.16. The van der Waals surface area contributed by atoms with E-state index in [1.54, 1.807) is 0 Å². The number of ether oxygens (including phenoxy) is 1. The third-order valence-electron chi connectivity index (χ3n) is 3.32. The van der Waals surface area contributed by atoms with Crippen LogP contribution in [-0.2, 0) is 17.9 Å². The van der Waals surface area contributed by atoms with Crippen molar-refractivity contribution in [3.8, 4) is 0 Å². The molecule has 0 saturated heterocycles. The van der Waals surface area contributed by atoms with E-state index in [4.69, 9.17) is 4.74 Å². The highest BCUT2D eigenvalue weighted by molar-refractivity contribution is 6.76. The predicted molar refractivity (Wildman–Crippen MR) is 83.2 cm³/mol. The first-order valence-electron chi connectivity index (χ1n) is 7.02. The fourth-order valence-corrected chi connectivity index (χ4v) is 2.87. The highest BCUT2D eigenvalue weighted by Crippen LogP contribution is 2.18. The normalized spacial score (nSPS) is 12.2. The van der Waals surface area contributed by atoms with Crippen LogP contribution in [0.4, 0.5) is 0 Å². The van der Waals surface area contributed by atoms with Crippen LogP contribution in [0.5, 0.6) is 0 Å². The molecule has 104 valence electrons. The minimum atomic E-state index is -1.00. The Hall–Kier alpha value is -1.13. The highest BCUT2D eigenvalue weighted by Gasteiger charge is 2.13. The standard InChI is InChI=1S/C15H24N2OSi/c1-5-14-11-13-7-6-8-16-15(13)17(14)12-18-9-10-19(2,3)4/h6-8,11H,5,9-10,12H2,1-4H3. The van der Waals surface area contributed by atoms with Gasteiger partial charge in [-0.1, -0.05) is 26.6 Å². The summed E-state index contributed by atoms with van der Waals surface area (Å²) in [6.07, 6.45) is 2.86. The van der Waals surface area contributed by atoms with Crippen molar-refractivity contribution >= 4 is 19.1 Å². The molecule has 0 fully saturated rings. The average molecular weight is 276 g/mol. The lowest BCUT2D eigenvalue weighted by Crippen LogP contribution is -2.22. The zero-order valence-corrected chi connectivity index (χ0v) is 13.4. The summed E-state index contributed by atoms with van der Waals surface area (Å²) in [5.74, 6) is 0. The Morgan fingerprint density at radius 3 is 2.79 bits per heavy atom. The Morgan fingerprint density at radius 1 is 1.32 bits per heavy atom. The Kier molecular flexibility index (Phi) is 4.42. The summed E-state index contributed by atoms with van der Waals surface area (Å²) in [6.45, 7) is 10.8. The topological polar surface area (TPSA) is 27.1 Å². The molecule has 0 saturated carbocycles. The molecule has 3 nitrogen and oxygen atoms in total. The molecule has 19 heavy (non-hydrogen) atoms. The summed E-state index contributed by atoms with van der Waals surface area (Å²) in [5.41, 5.74) is 2.33. The number of aromatic nitrogens is 2. The Balaban J connectivity index is 2.07. The van der Waals surface area contributed by atoms with Crippen molar-refractivity contribution in [1.82, 2.24) is 9.55 Å². The van der Waals surface area contributed by atoms with Crippen molar-refractivity contribution in [3.05, 3.63) is 30.1 Å². The zero-order chi connectivity index (χ0) is 13.9. The Morgan fingerprint density at radius 2 is 2.11 bits per heavy atom. The fraction of sp³-hybridized carbons (Fsp3) is 0.533. The lowest BCUT2D eigenvalue weighted by atomic mass is 10.3. The molecule has 0 spiro atoms. The second kappa shape index (κ2) is 5.88. The lowest BCUT2D eigenvalue weighted by molar-refractivity contribution is 0.0882. The maximum Gasteiger partial charge on any atom is 0.141 e. The second-order valence-corrected chi connectivity index (χ2v) is 11.8. The zero-order valence-electron chi connectivity index (χ0n) is 12.4. The van der Waals surface area contributed by atoms with E-state index in [-0.39, 0.29) is 0 Å². The van der Waals surface area contributed by atoms with Gasteiger partial charge in [-0.2, -0.15) is 0 Å². The van der Waals surface area contributed by atoms with Gasteiger partial charge in [0.05, 0.1) is 0 Å². The van der Waals surface area contributed by atoms with Crippen molar-refractivity contribution < 1.29 is 4.74 Å². The fourth-order valence-electron chi connectivity index (χ4n) is 2.11. The van der Waals surface area contributed by atoms with E-state index in [2.05, 4.69) is 48.2 Å². The first-order chi connectivity index (χ1) is 9.01. The molecular formula is C15H24N2OSi. The number of hydrogen-bond donors (Lipinski definition) is 0. The molecule has 2 aromatic rings. The molecule has 0 aliphatic carbocycles. The molecule has 0 N–H and O–H groups in total. The van der Waals surface area contributed by atoms with Gasteiger partial charge in [-0.05, 0) is 30.7 Å². The van der Waals surface area contributed by atoms with E-state index in [0.717, 1.165) is 18.7 Å². The molecule has 0 bridgehead atoms. The van der Waals surface area contributed by atoms with E-state index in [0.29, 0.717) is 6.73 Å². The molecule has 0 radical (unpaired) electrons. The molecule has 0 unspecified atom stereocenters. The van der Waals surface area contributed by atoms with Gasteiger partial charge in [-0.3, -0.25) is 0 Å². The number of rotatable bonds is 6. The van der Waals surface area contributed by atoms with Crippen LogP contribution in [0.3, 0.4) is 0 Å². The van der Waals surface area contributed by atoms with Gasteiger partial charge in [0.1, 0.15) is 12.4 Å². The van der Waals surface area contributed by atoms with E-state index < -0.39 is 8.07 Å². The van der Waals surface area contributed by atoms with Crippen molar-refractivity contribution in [3.63, 3.8) is 0 Å². The quantitative estimate of drug-likeness (QED) is 0.591. The largest absolute Gasteiger partial charge is 0.361 e. The number of pyridine rings is 1. The van der Waals surface area contributed by atoms with Gasteiger partial charge in [0.2, 0.25) is 0 Å². The molecule has 2 aromatic heterocycles. The maximum atomic E-state index is 5.86. The molecule has 2 rings (SSSR count). The van der Waals surface area contributed by atoms with Crippen LogP contribution in [0.1, 0.15) is 12.6 Å². The molecule has 0 aliphatic heterocycles. The number of hydrogen-bond acceptors (Lipinski definition) is 2. The average Bonchev–Trinajstić information content (AvgIpc) is 2.71. The first-order valence-corrected chi connectivity index (χ1v) is 10.7. The molecule has 0 amide bonds. The summed E-state index contributed by atoms with van der Waals surface area (Å²) in [4.78, 5) is 4.47. The summed E-state index contributed by atoms with van der Waals surface area (Å²) < 4.78 is 8.06. The molecule has 0 aliphatic rings. The highest BCUT2D eigenvalue weighted by atomic mass is 28.3. The van der Waals surface area contributed by atoms with Crippen molar-refractivity contribution in [2.75, 3.05) is 6.61 Å². The van der Waals surface area contributed by atoms with Crippen molar-refractivity contribution in [1.29, 1.82) is 0 Å². The van der Waals surface area contributed by atoms with Gasteiger partial charge < -0.3 is 9.30 Å². The number of fused-ring (bicyclic) bond motifs is 1. The number of nitrogens with zero attached hydrogens (tertiary/aromatic N) is 2. The smallest absolute Gasteiger partial charge is 0.141 e. The van der Waals surface area contributed by atoms with Crippen molar-refractivity contribution in [2.24, 2.45) is 0 Å². The monoisotopic (exact) mass is 276 g/mol. The van der Waals surface area contributed by atoms with E-state index in [9.17, 15) is 0 Å². The summed E-state index contributed by atoms with van der Waals surface area (Å²) in [6, 6.07) is 7.52. The minimum absolute atomic E-state index is 0.619. The summed E-state index contributed by atoms with van der Waals surface area (Å²) >= 11 is 0. The van der Waals surface area contributed by atoms with Gasteiger partial charge >= 0.3 is 0 Å². The molecule has 0 aromatic carbocycles. The third kappa shape index (κ3) is 3.67. The molecular weight excluding hydrogens is 252 g/mol. The first kappa shape index (κ1) is 14.3. The molecule has 4 heteroatoms. The number of aryl methyl sites for hydroxylation is 1. The second-order valence-electron chi connectivity index (χ2n) is 6.18. The van der Waals surface area contributed by atoms with Gasteiger partial charge in [-0.25, -0.2) is 4.98 Å². The predicted octanol–water partition coefficient (Wildman–Crippen LogP) is 3.91. The minimum Gasteiger partial charge on any atom is -0.361 e. The van der Waals surface area contributed by atoms with Gasteiger partial charge in [0, 0.05) is 32.0 Å². The van der Waals surface area contributed by atoms with Crippen LogP contribution in [-0.4, -0.2) is 24.2 Å². The molecule has 2 heterocycles. The van der Waals surface area contributed by atoms with Gasteiger partial charge in [0.25, 0.3) is 0 Å². The Bertz CT molecular complexity index is 543. The Labute approximate surface area is 116 Å². The van der Waals surface area contributed by atoms with E-state index in [1.165, 1.54) is 17.1 Å². The SMILES string of the molecule is CCc1cc2cccnc2n1COCC[Si](C)(C)C. The van der Waals surface area contributed by atoms with Gasteiger partial charge in [-0.15, -0.1) is 0 Å². The van der Waals surface area contributed by atoms with E-state index in [1.807, 2.05) is 12.3 Å². The third-order valence-corrected chi connectivity index (χ3v) is 5.02. The van der Waals surface area contributed by atoms with Crippen LogP contribution in [0.25, 0.3) is 11.0 Å². The van der Waals surface area contributed by atoms with Crippen LogP contribution < -0.4 is 0 Å². The molecule has 0 atom stereocenters. The van der Waals surface area contributed by atoms with Crippen LogP contribution >= 0.6 is 0 Å².